The highest BCUT2D eigenvalue weighted by Crippen LogP contribution is 2.27. The van der Waals surface area contributed by atoms with Gasteiger partial charge in [-0.1, -0.05) is 30.3 Å². The molecule has 2 heterocycles. The third kappa shape index (κ3) is 2.42. The van der Waals surface area contributed by atoms with E-state index in [1.807, 2.05) is 44.2 Å². The number of nitrogens with one attached hydrogen (secondary N) is 1. The van der Waals surface area contributed by atoms with Crippen LogP contribution in [0.25, 0.3) is 22.0 Å². The molecule has 1 aliphatic heterocycles. The van der Waals surface area contributed by atoms with Crippen molar-refractivity contribution in [2.24, 2.45) is 5.10 Å². The van der Waals surface area contributed by atoms with E-state index in [4.69, 9.17) is 0 Å². The third-order valence-electron chi connectivity index (χ3n) is 4.84. The number of nitrogens with zero attached hydrogens (tertiary/aromatic N) is 3. The molecule has 0 fully saturated rings. The van der Waals surface area contributed by atoms with E-state index in [2.05, 4.69) is 21.7 Å². The van der Waals surface area contributed by atoms with Crippen molar-refractivity contribution in [1.29, 1.82) is 0 Å². The zero-order valence-electron chi connectivity index (χ0n) is 14.8. The summed E-state index contributed by atoms with van der Waals surface area (Å²) in [4.78, 5) is 25.2. The van der Waals surface area contributed by atoms with Gasteiger partial charge in [-0.15, -0.1) is 0 Å². The summed E-state index contributed by atoms with van der Waals surface area (Å²) in [6, 6.07) is 12.6. The number of benzene rings is 2. The minimum Gasteiger partial charge on any atom is -0.270 e. The predicted octanol–water partition coefficient (Wildman–Crippen LogP) is 2.73. The highest BCUT2D eigenvalue weighted by molar-refractivity contribution is 6.09. The molecule has 1 atom stereocenters. The van der Waals surface area contributed by atoms with Crippen LogP contribution in [0.5, 0.6) is 0 Å². The SMILES string of the molecule is CC1=NNC(=O)C1n1nc(-c2ccc(C)c(C)c2)c2ccccc2c1=O. The number of hydrazone groups is 1. The molecule has 0 radical (unpaired) electrons. The lowest BCUT2D eigenvalue weighted by molar-refractivity contribution is -0.121. The number of hydrogen-bond acceptors (Lipinski definition) is 4. The number of carbonyl (C=O) groups is 1. The van der Waals surface area contributed by atoms with Gasteiger partial charge in [-0.25, -0.2) is 10.1 Å². The fraction of sp³-hybridized carbons (Fsp3) is 0.200. The van der Waals surface area contributed by atoms with E-state index in [1.165, 1.54) is 10.2 Å². The molecule has 1 N–H and O–H groups in total. The van der Waals surface area contributed by atoms with Crippen LogP contribution < -0.4 is 11.0 Å². The van der Waals surface area contributed by atoms with Crippen molar-refractivity contribution in [3.8, 4) is 11.3 Å². The zero-order chi connectivity index (χ0) is 18.4. The van der Waals surface area contributed by atoms with Crippen molar-refractivity contribution in [1.82, 2.24) is 15.2 Å². The monoisotopic (exact) mass is 346 g/mol. The van der Waals surface area contributed by atoms with Gasteiger partial charge in [0.05, 0.1) is 16.8 Å². The lowest BCUT2D eigenvalue weighted by atomic mass is 10.0. The van der Waals surface area contributed by atoms with Crippen molar-refractivity contribution in [3.05, 3.63) is 63.9 Å². The highest BCUT2D eigenvalue weighted by Gasteiger charge is 2.31. The fourth-order valence-electron chi connectivity index (χ4n) is 3.23. The minimum atomic E-state index is -0.822. The molecule has 130 valence electrons. The average Bonchev–Trinajstić information content (AvgIpc) is 2.97. The van der Waals surface area contributed by atoms with Crippen molar-refractivity contribution in [3.63, 3.8) is 0 Å². The molecule has 0 saturated heterocycles. The van der Waals surface area contributed by atoms with Crippen LogP contribution in [0.3, 0.4) is 0 Å². The normalized spacial score (nSPS) is 16.7. The van der Waals surface area contributed by atoms with Crippen LogP contribution in [0.1, 0.15) is 24.1 Å². The second kappa shape index (κ2) is 5.91. The molecule has 0 saturated carbocycles. The van der Waals surface area contributed by atoms with Crippen molar-refractivity contribution < 1.29 is 4.79 Å². The van der Waals surface area contributed by atoms with Crippen molar-refractivity contribution >= 4 is 22.4 Å². The molecule has 0 bridgehead atoms. The van der Waals surface area contributed by atoms with Gasteiger partial charge in [0.2, 0.25) is 0 Å². The quantitative estimate of drug-likeness (QED) is 0.775. The molecule has 1 aromatic heterocycles. The van der Waals surface area contributed by atoms with E-state index in [1.54, 1.807) is 13.0 Å². The first-order valence-corrected chi connectivity index (χ1v) is 8.40. The van der Waals surface area contributed by atoms with Gasteiger partial charge in [-0.3, -0.25) is 9.59 Å². The Morgan fingerprint density at radius 1 is 0.962 bits per heavy atom. The first-order valence-electron chi connectivity index (χ1n) is 8.40. The van der Waals surface area contributed by atoms with Crippen molar-refractivity contribution in [2.45, 2.75) is 26.8 Å². The highest BCUT2D eigenvalue weighted by atomic mass is 16.2. The molecule has 0 aliphatic carbocycles. The van der Waals surface area contributed by atoms with E-state index in [0.29, 0.717) is 16.8 Å². The third-order valence-corrected chi connectivity index (χ3v) is 4.84. The number of aryl methyl sites for hydroxylation is 2. The Labute approximate surface area is 150 Å². The largest absolute Gasteiger partial charge is 0.275 e. The van der Waals surface area contributed by atoms with Gasteiger partial charge in [-0.05, 0) is 44.0 Å². The summed E-state index contributed by atoms with van der Waals surface area (Å²) in [5, 5.41) is 9.83. The topological polar surface area (TPSA) is 76.3 Å². The van der Waals surface area contributed by atoms with Gasteiger partial charge in [0.15, 0.2) is 6.04 Å². The maximum atomic E-state index is 13.0. The number of aromatic nitrogens is 2. The molecule has 0 spiro atoms. The summed E-state index contributed by atoms with van der Waals surface area (Å²) >= 11 is 0. The van der Waals surface area contributed by atoms with Gasteiger partial charge >= 0.3 is 0 Å². The summed E-state index contributed by atoms with van der Waals surface area (Å²) < 4.78 is 1.24. The Hall–Kier alpha value is -3.28. The van der Waals surface area contributed by atoms with Crippen LogP contribution in [0.4, 0.5) is 0 Å². The zero-order valence-corrected chi connectivity index (χ0v) is 14.8. The van der Waals surface area contributed by atoms with E-state index >= 15 is 0 Å². The van der Waals surface area contributed by atoms with Crippen LogP contribution in [-0.4, -0.2) is 21.4 Å². The number of carbonyl (C=O) groups excluding carboxylic acids is 1. The molecule has 1 amide bonds. The first kappa shape index (κ1) is 16.2. The number of rotatable bonds is 2. The molecule has 3 aromatic rings. The number of amides is 1. The molecule has 6 nitrogen and oxygen atoms in total. The Morgan fingerprint density at radius 3 is 2.35 bits per heavy atom. The van der Waals surface area contributed by atoms with Crippen LogP contribution in [0.2, 0.25) is 0 Å². The molecule has 1 unspecified atom stereocenters. The summed E-state index contributed by atoms with van der Waals surface area (Å²) in [5.41, 5.74) is 6.55. The lowest BCUT2D eigenvalue weighted by Gasteiger charge is -2.15. The second-order valence-electron chi connectivity index (χ2n) is 6.57. The van der Waals surface area contributed by atoms with Gasteiger partial charge in [-0.2, -0.15) is 10.2 Å². The Morgan fingerprint density at radius 2 is 1.69 bits per heavy atom. The second-order valence-corrected chi connectivity index (χ2v) is 6.57. The predicted molar refractivity (Wildman–Crippen MR) is 101 cm³/mol. The van der Waals surface area contributed by atoms with Gasteiger partial charge in [0.25, 0.3) is 11.5 Å². The summed E-state index contributed by atoms with van der Waals surface area (Å²) in [7, 11) is 0. The molecule has 2 aromatic carbocycles. The van der Waals surface area contributed by atoms with Crippen molar-refractivity contribution in [2.75, 3.05) is 0 Å². The fourth-order valence-corrected chi connectivity index (χ4v) is 3.23. The molecule has 26 heavy (non-hydrogen) atoms. The van der Waals surface area contributed by atoms with Gasteiger partial charge < -0.3 is 0 Å². The molecular weight excluding hydrogens is 328 g/mol. The number of fused-ring (bicyclic) bond motifs is 1. The molecule has 1 aliphatic rings. The van der Waals surface area contributed by atoms with Gasteiger partial charge in [0, 0.05) is 10.9 Å². The Balaban J connectivity index is 2.05. The smallest absolute Gasteiger partial charge is 0.270 e. The van der Waals surface area contributed by atoms with Crippen LogP contribution in [-0.2, 0) is 4.79 Å². The molecule has 6 heteroatoms. The Kier molecular flexibility index (Phi) is 3.68. The summed E-state index contributed by atoms with van der Waals surface area (Å²) in [5.74, 6) is -0.349. The minimum absolute atomic E-state index is 0.301. The Bertz CT molecular complexity index is 1140. The van der Waals surface area contributed by atoms with E-state index in [-0.39, 0.29) is 11.5 Å². The maximum Gasteiger partial charge on any atom is 0.275 e. The average molecular weight is 346 g/mol. The van der Waals surface area contributed by atoms with E-state index in [9.17, 15) is 9.59 Å². The summed E-state index contributed by atoms with van der Waals surface area (Å²) in [6.45, 7) is 5.80. The van der Waals surface area contributed by atoms with E-state index in [0.717, 1.165) is 16.5 Å². The first-order chi connectivity index (χ1) is 12.5. The van der Waals surface area contributed by atoms with E-state index < -0.39 is 6.04 Å². The number of hydrogen-bond donors (Lipinski definition) is 1. The maximum absolute atomic E-state index is 13.0. The van der Waals surface area contributed by atoms with Crippen LogP contribution in [0, 0.1) is 13.8 Å². The van der Waals surface area contributed by atoms with Crippen LogP contribution >= 0.6 is 0 Å². The lowest BCUT2D eigenvalue weighted by Crippen LogP contribution is -2.36. The standard InChI is InChI=1S/C20H18N4O2/c1-11-8-9-14(10-12(11)2)17-15-6-4-5-7-16(15)20(26)24(23-17)18-13(3)21-22-19(18)25/h4-10,18H,1-3H3,(H,22,25). The van der Waals surface area contributed by atoms with Crippen LogP contribution in [0.15, 0.2) is 52.4 Å². The molecule has 4 rings (SSSR count). The summed E-state index contributed by atoms with van der Waals surface area (Å²) in [6.07, 6.45) is 0. The molecular formula is C20H18N4O2. The van der Waals surface area contributed by atoms with Gasteiger partial charge in [0.1, 0.15) is 0 Å².